The molecule has 1 heterocycles. The lowest BCUT2D eigenvalue weighted by Gasteiger charge is -2.07. The maximum atomic E-state index is 5.50. The third-order valence-corrected chi connectivity index (χ3v) is 2.29. The van der Waals surface area contributed by atoms with E-state index in [9.17, 15) is 0 Å². The van der Waals surface area contributed by atoms with Crippen LogP contribution in [0.15, 0.2) is 30.5 Å². The number of hydrogen-bond donors (Lipinski definition) is 1. The first-order chi connectivity index (χ1) is 7.85. The predicted octanol–water partition coefficient (Wildman–Crippen LogP) is 0.872. The number of hydrogen-bond acceptors (Lipinski definition) is 4. The van der Waals surface area contributed by atoms with Gasteiger partial charge < -0.3 is 10.5 Å². The normalized spacial score (nSPS) is 10.6. The molecule has 0 bridgehead atoms. The minimum Gasteiger partial charge on any atom is -0.380 e. The second-order valence-corrected chi connectivity index (χ2v) is 3.42. The highest BCUT2D eigenvalue weighted by Gasteiger charge is 2.06. The van der Waals surface area contributed by atoms with Crippen molar-refractivity contribution < 1.29 is 4.74 Å². The first kappa shape index (κ1) is 10.8. The Hall–Kier alpha value is -1.72. The molecular weight excluding hydrogens is 204 g/mol. The van der Waals surface area contributed by atoms with Crippen molar-refractivity contribution in [2.24, 2.45) is 5.73 Å². The summed E-state index contributed by atoms with van der Waals surface area (Å²) >= 11 is 0. The largest absolute Gasteiger partial charge is 0.380 e. The van der Waals surface area contributed by atoms with Crippen LogP contribution in [-0.4, -0.2) is 22.1 Å². The van der Waals surface area contributed by atoms with Gasteiger partial charge in [-0.25, -0.2) is 4.68 Å². The van der Waals surface area contributed by atoms with E-state index in [0.29, 0.717) is 13.2 Å². The maximum Gasteiger partial charge on any atom is 0.0967 e. The zero-order valence-electron chi connectivity index (χ0n) is 9.13. The van der Waals surface area contributed by atoms with Gasteiger partial charge in [0.05, 0.1) is 24.2 Å². The molecule has 0 radical (unpaired) electrons. The van der Waals surface area contributed by atoms with Crippen LogP contribution in [0.25, 0.3) is 5.69 Å². The van der Waals surface area contributed by atoms with E-state index in [0.717, 1.165) is 16.9 Å². The molecule has 2 aromatic rings. The molecule has 5 nitrogen and oxygen atoms in total. The van der Waals surface area contributed by atoms with E-state index in [-0.39, 0.29) is 0 Å². The van der Waals surface area contributed by atoms with E-state index in [1.807, 2.05) is 30.5 Å². The Morgan fingerprint density at radius 3 is 2.88 bits per heavy atom. The molecule has 0 atom stereocenters. The summed E-state index contributed by atoms with van der Waals surface area (Å²) in [5.74, 6) is 0. The second kappa shape index (κ2) is 4.87. The number of methoxy groups -OCH3 is 1. The first-order valence-electron chi connectivity index (χ1n) is 5.03. The lowest BCUT2D eigenvalue weighted by molar-refractivity contribution is 0.184. The van der Waals surface area contributed by atoms with Gasteiger partial charge in [-0.1, -0.05) is 23.4 Å². The Kier molecular flexibility index (Phi) is 3.28. The molecule has 0 fully saturated rings. The van der Waals surface area contributed by atoms with E-state index in [2.05, 4.69) is 10.3 Å². The van der Waals surface area contributed by atoms with Crippen molar-refractivity contribution in [1.82, 2.24) is 15.0 Å². The second-order valence-electron chi connectivity index (χ2n) is 3.42. The van der Waals surface area contributed by atoms with Gasteiger partial charge in [0, 0.05) is 19.2 Å². The van der Waals surface area contributed by atoms with Crippen molar-refractivity contribution in [1.29, 1.82) is 0 Å². The van der Waals surface area contributed by atoms with Gasteiger partial charge in [-0.3, -0.25) is 0 Å². The quantitative estimate of drug-likeness (QED) is 0.827. The minimum atomic E-state index is 0.395. The average molecular weight is 218 g/mol. The van der Waals surface area contributed by atoms with Crippen LogP contribution in [0.3, 0.4) is 0 Å². The molecule has 5 heteroatoms. The summed E-state index contributed by atoms with van der Waals surface area (Å²) in [5, 5.41) is 7.99. The first-order valence-corrected chi connectivity index (χ1v) is 5.03. The predicted molar refractivity (Wildman–Crippen MR) is 60.0 cm³/mol. The Morgan fingerprint density at radius 1 is 1.38 bits per heavy atom. The summed E-state index contributed by atoms with van der Waals surface area (Å²) in [6, 6.07) is 7.91. The van der Waals surface area contributed by atoms with Gasteiger partial charge in [0.15, 0.2) is 0 Å². The van der Waals surface area contributed by atoms with Gasteiger partial charge in [0.25, 0.3) is 0 Å². The molecule has 2 rings (SSSR count). The highest BCUT2D eigenvalue weighted by atomic mass is 16.5. The number of nitrogens with two attached hydrogens (primary N) is 1. The number of ether oxygens (including phenoxy) is 1. The topological polar surface area (TPSA) is 66.0 Å². The number of rotatable bonds is 4. The fraction of sp³-hybridized carbons (Fsp3) is 0.273. The van der Waals surface area contributed by atoms with Crippen LogP contribution in [0.4, 0.5) is 0 Å². The van der Waals surface area contributed by atoms with Crippen LogP contribution in [0, 0.1) is 0 Å². The van der Waals surface area contributed by atoms with Gasteiger partial charge in [0.1, 0.15) is 0 Å². The lowest BCUT2D eigenvalue weighted by atomic mass is 10.2. The minimum absolute atomic E-state index is 0.395. The zero-order valence-corrected chi connectivity index (χ0v) is 9.13. The van der Waals surface area contributed by atoms with Crippen molar-refractivity contribution in [3.05, 3.63) is 41.7 Å². The molecule has 16 heavy (non-hydrogen) atoms. The van der Waals surface area contributed by atoms with Crippen LogP contribution in [0.2, 0.25) is 0 Å². The van der Waals surface area contributed by atoms with Crippen LogP contribution in [0.5, 0.6) is 0 Å². The van der Waals surface area contributed by atoms with E-state index in [1.54, 1.807) is 11.8 Å². The highest BCUT2D eigenvalue weighted by Crippen LogP contribution is 2.14. The zero-order chi connectivity index (χ0) is 11.4. The molecule has 0 saturated heterocycles. The van der Waals surface area contributed by atoms with E-state index < -0.39 is 0 Å². The molecular formula is C11H14N4O. The number of para-hydroxylation sites is 1. The molecule has 84 valence electrons. The van der Waals surface area contributed by atoms with Crippen LogP contribution >= 0.6 is 0 Å². The van der Waals surface area contributed by atoms with Crippen molar-refractivity contribution >= 4 is 0 Å². The fourth-order valence-electron chi connectivity index (χ4n) is 1.52. The smallest absolute Gasteiger partial charge is 0.0967 e. The fourth-order valence-corrected chi connectivity index (χ4v) is 1.52. The molecule has 1 aromatic carbocycles. The van der Waals surface area contributed by atoms with E-state index in [1.165, 1.54) is 0 Å². The summed E-state index contributed by atoms with van der Waals surface area (Å²) in [6.45, 7) is 0.945. The molecule has 0 amide bonds. The Labute approximate surface area is 93.8 Å². The third-order valence-electron chi connectivity index (χ3n) is 2.29. The lowest BCUT2D eigenvalue weighted by Crippen LogP contribution is -2.01. The summed E-state index contributed by atoms with van der Waals surface area (Å²) in [6.07, 6.45) is 1.83. The number of nitrogens with zero attached hydrogens (tertiary/aromatic N) is 3. The van der Waals surface area contributed by atoms with Gasteiger partial charge in [0.2, 0.25) is 0 Å². The van der Waals surface area contributed by atoms with Crippen molar-refractivity contribution in [3.8, 4) is 5.69 Å². The molecule has 0 saturated carbocycles. The van der Waals surface area contributed by atoms with Gasteiger partial charge in [-0.15, -0.1) is 5.10 Å². The Morgan fingerprint density at radius 2 is 2.19 bits per heavy atom. The number of benzene rings is 1. The average Bonchev–Trinajstić information content (AvgIpc) is 2.79. The van der Waals surface area contributed by atoms with Crippen LogP contribution < -0.4 is 5.73 Å². The molecule has 2 N–H and O–H groups in total. The Bertz CT molecular complexity index is 467. The molecule has 0 aliphatic heterocycles. The number of aromatic nitrogens is 3. The summed E-state index contributed by atoms with van der Waals surface area (Å²) in [4.78, 5) is 0. The van der Waals surface area contributed by atoms with Crippen molar-refractivity contribution in [2.45, 2.75) is 13.2 Å². The van der Waals surface area contributed by atoms with Crippen LogP contribution in [-0.2, 0) is 17.9 Å². The van der Waals surface area contributed by atoms with Gasteiger partial charge >= 0.3 is 0 Å². The molecule has 0 aliphatic rings. The van der Waals surface area contributed by atoms with E-state index in [4.69, 9.17) is 10.5 Å². The van der Waals surface area contributed by atoms with Gasteiger partial charge in [-0.05, 0) is 6.07 Å². The summed E-state index contributed by atoms with van der Waals surface area (Å²) < 4.78 is 6.86. The summed E-state index contributed by atoms with van der Waals surface area (Å²) in [7, 11) is 1.67. The standard InChI is InChI=1S/C11H14N4O/c1-16-8-9-4-2-3-5-11(9)15-7-10(6-12)13-14-15/h2-5,7H,6,8,12H2,1H3. The molecule has 0 spiro atoms. The SMILES string of the molecule is COCc1ccccc1-n1cc(CN)nn1. The molecule has 0 unspecified atom stereocenters. The monoisotopic (exact) mass is 218 g/mol. The Balaban J connectivity index is 2.38. The van der Waals surface area contributed by atoms with Crippen molar-refractivity contribution in [2.75, 3.05) is 7.11 Å². The van der Waals surface area contributed by atoms with Crippen molar-refractivity contribution in [3.63, 3.8) is 0 Å². The maximum absolute atomic E-state index is 5.50. The van der Waals surface area contributed by atoms with Gasteiger partial charge in [-0.2, -0.15) is 0 Å². The third kappa shape index (κ3) is 2.10. The summed E-state index contributed by atoms with van der Waals surface area (Å²) in [5.41, 5.74) is 8.31. The highest BCUT2D eigenvalue weighted by molar-refractivity contribution is 5.39. The molecule has 0 aliphatic carbocycles. The molecule has 1 aromatic heterocycles. The van der Waals surface area contributed by atoms with Crippen LogP contribution in [0.1, 0.15) is 11.3 Å². The van der Waals surface area contributed by atoms with E-state index >= 15 is 0 Å².